The summed E-state index contributed by atoms with van der Waals surface area (Å²) in [6.07, 6.45) is 15.6. The van der Waals surface area contributed by atoms with Crippen molar-refractivity contribution in [2.75, 3.05) is 0 Å². The maximum Gasteiger partial charge on any atom is 0.321 e. The second-order valence-electron chi connectivity index (χ2n) is 9.94. The van der Waals surface area contributed by atoms with E-state index in [2.05, 4.69) is 44.2 Å². The molecule has 182 valence electrons. The molecule has 0 amide bonds. The summed E-state index contributed by atoms with van der Waals surface area (Å²) in [5.74, 6) is 0.174. The highest BCUT2D eigenvalue weighted by Gasteiger charge is 2.43. The second kappa shape index (κ2) is 13.3. The largest absolute Gasteiger partial charge is 0.424 e. The summed E-state index contributed by atoms with van der Waals surface area (Å²) in [7, 11) is 0. The van der Waals surface area contributed by atoms with Gasteiger partial charge in [-0.15, -0.1) is 0 Å². The summed E-state index contributed by atoms with van der Waals surface area (Å²) in [4.78, 5) is 13.6. The van der Waals surface area contributed by atoms with E-state index < -0.39 is 5.41 Å². The number of esters is 1. The lowest BCUT2D eigenvalue weighted by Crippen LogP contribution is -2.41. The zero-order chi connectivity index (χ0) is 24.2. The number of carbonyl (C=O) groups excluding carboxylic acids is 1. The third-order valence-corrected chi connectivity index (χ3v) is 7.33. The molecule has 0 atom stereocenters. The Morgan fingerprint density at radius 1 is 0.853 bits per heavy atom. The monoisotopic (exact) mass is 459 g/mol. The minimum Gasteiger partial charge on any atom is -0.424 e. The molecule has 3 heteroatoms. The van der Waals surface area contributed by atoms with Crippen LogP contribution in [0, 0.1) is 11.3 Å². The van der Waals surface area contributed by atoms with E-state index in [-0.39, 0.29) is 5.97 Å². The van der Waals surface area contributed by atoms with Crippen LogP contribution in [0.25, 0.3) is 0 Å². The number of hydrogen-bond donors (Lipinski definition) is 0. The number of unbranched alkanes of at least 4 members (excludes halogenated alkanes) is 5. The molecule has 0 aromatic heterocycles. The molecule has 0 heterocycles. The van der Waals surface area contributed by atoms with Crippen LogP contribution in [0.2, 0.25) is 0 Å². The van der Waals surface area contributed by atoms with Crippen LogP contribution >= 0.6 is 0 Å². The van der Waals surface area contributed by atoms with Gasteiger partial charge in [0.1, 0.15) is 11.8 Å². The fourth-order valence-electron chi connectivity index (χ4n) is 5.26. The van der Waals surface area contributed by atoms with Crippen LogP contribution in [0.5, 0.6) is 5.75 Å². The molecule has 1 aliphatic rings. The van der Waals surface area contributed by atoms with Gasteiger partial charge in [-0.05, 0) is 60.9 Å². The Hall–Kier alpha value is -2.60. The number of nitriles is 1. The summed E-state index contributed by atoms with van der Waals surface area (Å²) in [5.41, 5.74) is 3.33. The number of hydrogen-bond acceptors (Lipinski definition) is 3. The van der Waals surface area contributed by atoms with E-state index >= 15 is 0 Å². The minimum atomic E-state index is -0.619. The Morgan fingerprint density at radius 2 is 1.53 bits per heavy atom. The Kier molecular flexibility index (Phi) is 10.2. The van der Waals surface area contributed by atoms with Crippen LogP contribution in [-0.4, -0.2) is 5.97 Å². The standard InChI is InChI=1S/C31H41NO2/c1-3-5-6-7-8-10-14-25-15-18-28(19-16-25)31(21-11-9-12-22-31)30(33)34-29-20-17-26(13-4-2)23-27(29)24-32/h15-20,23H,3-14,21-22H2,1-2H3. The maximum absolute atomic E-state index is 13.6. The van der Waals surface area contributed by atoms with Crippen LogP contribution in [0.15, 0.2) is 42.5 Å². The van der Waals surface area contributed by atoms with E-state index in [0.717, 1.165) is 62.5 Å². The highest BCUT2D eigenvalue weighted by molar-refractivity contribution is 5.85. The van der Waals surface area contributed by atoms with Gasteiger partial charge in [0.2, 0.25) is 0 Å². The Bertz CT molecular complexity index is 948. The predicted molar refractivity (Wildman–Crippen MR) is 139 cm³/mol. The number of carbonyl (C=O) groups is 1. The van der Waals surface area contributed by atoms with Crippen LogP contribution < -0.4 is 4.74 Å². The molecule has 3 nitrogen and oxygen atoms in total. The van der Waals surface area contributed by atoms with Gasteiger partial charge in [0.25, 0.3) is 0 Å². The van der Waals surface area contributed by atoms with Gasteiger partial charge in [0, 0.05) is 0 Å². The van der Waals surface area contributed by atoms with Gasteiger partial charge in [-0.3, -0.25) is 4.79 Å². The Labute approximate surface area is 206 Å². The van der Waals surface area contributed by atoms with Crippen molar-refractivity contribution < 1.29 is 9.53 Å². The van der Waals surface area contributed by atoms with E-state index in [4.69, 9.17) is 4.74 Å². The number of aryl methyl sites for hydroxylation is 2. The summed E-state index contributed by atoms with van der Waals surface area (Å²) in [5, 5.41) is 9.64. The lowest BCUT2D eigenvalue weighted by atomic mass is 9.69. The van der Waals surface area contributed by atoms with Gasteiger partial charge in [-0.2, -0.15) is 5.26 Å². The summed E-state index contributed by atoms with van der Waals surface area (Å²) in [6, 6.07) is 16.5. The smallest absolute Gasteiger partial charge is 0.321 e. The number of benzene rings is 2. The first-order valence-electron chi connectivity index (χ1n) is 13.5. The summed E-state index contributed by atoms with van der Waals surface area (Å²) < 4.78 is 5.95. The van der Waals surface area contributed by atoms with Gasteiger partial charge in [-0.25, -0.2) is 0 Å². The fraction of sp³-hybridized carbons (Fsp3) is 0.548. The van der Waals surface area contributed by atoms with Crippen molar-refractivity contribution in [2.45, 2.75) is 109 Å². The van der Waals surface area contributed by atoms with Gasteiger partial charge in [0.05, 0.1) is 11.0 Å². The Balaban J connectivity index is 1.72. The first-order valence-corrected chi connectivity index (χ1v) is 13.5. The zero-order valence-corrected chi connectivity index (χ0v) is 21.2. The molecule has 34 heavy (non-hydrogen) atoms. The molecule has 2 aromatic carbocycles. The van der Waals surface area contributed by atoms with Crippen molar-refractivity contribution >= 4 is 5.97 Å². The molecule has 3 rings (SSSR count). The van der Waals surface area contributed by atoms with Gasteiger partial charge < -0.3 is 4.74 Å². The van der Waals surface area contributed by atoms with Crippen molar-refractivity contribution in [1.29, 1.82) is 5.26 Å². The molecule has 1 aliphatic carbocycles. The first-order chi connectivity index (χ1) is 16.6. The molecule has 1 fully saturated rings. The lowest BCUT2D eigenvalue weighted by Gasteiger charge is -2.35. The van der Waals surface area contributed by atoms with Crippen LogP contribution in [0.1, 0.15) is 113 Å². The summed E-state index contributed by atoms with van der Waals surface area (Å²) >= 11 is 0. The van der Waals surface area contributed by atoms with E-state index in [1.54, 1.807) is 6.07 Å². The average molecular weight is 460 g/mol. The molecule has 0 saturated heterocycles. The SMILES string of the molecule is CCCCCCCCc1ccc(C2(C(=O)Oc3ccc(CCC)cc3C#N)CCCCC2)cc1. The first kappa shape index (κ1) is 26.0. The lowest BCUT2D eigenvalue weighted by molar-refractivity contribution is -0.142. The molecule has 0 unspecified atom stereocenters. The van der Waals surface area contributed by atoms with Crippen molar-refractivity contribution in [3.05, 3.63) is 64.7 Å². The average Bonchev–Trinajstić information content (AvgIpc) is 2.88. The third kappa shape index (κ3) is 6.72. The normalized spacial score (nSPS) is 15.0. The van der Waals surface area contributed by atoms with Crippen molar-refractivity contribution in [3.63, 3.8) is 0 Å². The molecule has 2 aromatic rings. The molecule has 0 radical (unpaired) electrons. The van der Waals surface area contributed by atoms with Crippen LogP contribution in [0.4, 0.5) is 0 Å². The highest BCUT2D eigenvalue weighted by atomic mass is 16.5. The van der Waals surface area contributed by atoms with E-state index in [0.29, 0.717) is 11.3 Å². The fourth-order valence-corrected chi connectivity index (χ4v) is 5.26. The summed E-state index contributed by atoms with van der Waals surface area (Å²) in [6.45, 7) is 4.37. The minimum absolute atomic E-state index is 0.212. The number of ether oxygens (including phenoxy) is 1. The van der Waals surface area contributed by atoms with E-state index in [9.17, 15) is 10.1 Å². The van der Waals surface area contributed by atoms with Gasteiger partial charge in [0.15, 0.2) is 0 Å². The molecule has 0 aliphatic heterocycles. The van der Waals surface area contributed by atoms with Gasteiger partial charge >= 0.3 is 5.97 Å². The third-order valence-electron chi connectivity index (χ3n) is 7.33. The quantitative estimate of drug-likeness (QED) is 0.182. The molecular weight excluding hydrogens is 418 g/mol. The number of nitrogens with zero attached hydrogens (tertiary/aromatic N) is 1. The Morgan fingerprint density at radius 3 is 2.21 bits per heavy atom. The molecule has 1 saturated carbocycles. The molecule has 0 N–H and O–H groups in total. The topological polar surface area (TPSA) is 50.1 Å². The van der Waals surface area contributed by atoms with E-state index in [1.165, 1.54) is 44.1 Å². The number of rotatable bonds is 12. The zero-order valence-electron chi connectivity index (χ0n) is 21.2. The molecule has 0 spiro atoms. The predicted octanol–water partition coefficient (Wildman–Crippen LogP) is 8.22. The maximum atomic E-state index is 13.6. The van der Waals surface area contributed by atoms with Crippen LogP contribution in [-0.2, 0) is 23.1 Å². The molecule has 0 bridgehead atoms. The van der Waals surface area contributed by atoms with Gasteiger partial charge in [-0.1, -0.05) is 102 Å². The van der Waals surface area contributed by atoms with Crippen molar-refractivity contribution in [2.24, 2.45) is 0 Å². The molecular formula is C31H41NO2. The van der Waals surface area contributed by atoms with Crippen molar-refractivity contribution in [3.8, 4) is 11.8 Å². The highest BCUT2D eigenvalue weighted by Crippen LogP contribution is 2.41. The van der Waals surface area contributed by atoms with E-state index in [1.807, 2.05) is 12.1 Å². The van der Waals surface area contributed by atoms with Crippen LogP contribution in [0.3, 0.4) is 0 Å². The van der Waals surface area contributed by atoms with Crippen molar-refractivity contribution in [1.82, 2.24) is 0 Å². The second-order valence-corrected chi connectivity index (χ2v) is 9.94.